The number of nitrogens with zero attached hydrogens (tertiary/aromatic N) is 1. The van der Waals surface area contributed by atoms with Gasteiger partial charge >= 0.3 is 12.2 Å². The largest absolute Gasteiger partial charge is 0.445 e. The van der Waals surface area contributed by atoms with Crippen molar-refractivity contribution in [1.29, 1.82) is 0 Å². The molecule has 2 fully saturated rings. The van der Waals surface area contributed by atoms with Crippen molar-refractivity contribution >= 4 is 12.2 Å². The summed E-state index contributed by atoms with van der Waals surface area (Å²) in [5.41, 5.74) is 0.251. The van der Waals surface area contributed by atoms with Crippen LogP contribution in [-0.2, 0) is 25.6 Å². The van der Waals surface area contributed by atoms with Gasteiger partial charge in [-0.05, 0) is 40.2 Å². The second-order valence-corrected chi connectivity index (χ2v) is 8.44. The molecule has 28 heavy (non-hydrogen) atoms. The molecule has 154 valence electrons. The monoisotopic (exact) mass is 392 g/mol. The maximum atomic E-state index is 12.6. The number of carbonyl (C=O) groups excluding carboxylic acids is 2. The van der Waals surface area contributed by atoms with Crippen LogP contribution in [0.25, 0.3) is 0 Å². The molecule has 0 unspecified atom stereocenters. The Kier molecular flexibility index (Phi) is 5.54. The number of hydrogen-bond acceptors (Lipinski definition) is 6. The van der Waals surface area contributed by atoms with Crippen LogP contribution in [0.5, 0.6) is 0 Å². The van der Waals surface area contributed by atoms with Crippen LogP contribution in [0.1, 0.15) is 40.2 Å². The molecule has 8 nitrogen and oxygen atoms in total. The molecule has 0 aromatic heterocycles. The minimum absolute atomic E-state index is 0.159. The zero-order valence-corrected chi connectivity index (χ0v) is 16.9. The van der Waals surface area contributed by atoms with E-state index in [4.69, 9.17) is 18.9 Å². The molecule has 8 heteroatoms. The summed E-state index contributed by atoms with van der Waals surface area (Å²) in [5, 5.41) is 2.79. The number of amides is 2. The van der Waals surface area contributed by atoms with E-state index in [-0.39, 0.29) is 13.2 Å². The van der Waals surface area contributed by atoms with Gasteiger partial charge in [0.25, 0.3) is 0 Å². The van der Waals surface area contributed by atoms with Gasteiger partial charge in [0, 0.05) is 6.54 Å². The molecular formula is C20H28N2O6. The number of likely N-dealkylation sites (tertiary alicyclic amines) is 1. The first-order chi connectivity index (χ1) is 13.0. The molecule has 1 aromatic carbocycles. The molecule has 0 spiro atoms. The van der Waals surface area contributed by atoms with Gasteiger partial charge in [0.1, 0.15) is 18.3 Å². The molecule has 2 aliphatic heterocycles. The van der Waals surface area contributed by atoms with Crippen LogP contribution in [0, 0.1) is 0 Å². The maximum absolute atomic E-state index is 12.6. The lowest BCUT2D eigenvalue weighted by Crippen LogP contribution is -2.45. The Morgan fingerprint density at radius 2 is 1.89 bits per heavy atom. The van der Waals surface area contributed by atoms with Crippen LogP contribution >= 0.6 is 0 Å². The third-order valence-electron chi connectivity index (χ3n) is 4.35. The average molecular weight is 392 g/mol. The predicted molar refractivity (Wildman–Crippen MR) is 100 cm³/mol. The molecule has 0 aliphatic carbocycles. The van der Waals surface area contributed by atoms with E-state index >= 15 is 0 Å². The molecule has 0 saturated carbocycles. The van der Waals surface area contributed by atoms with E-state index in [0.717, 1.165) is 5.56 Å². The number of alkyl carbamates (subject to hydrolysis) is 1. The lowest BCUT2D eigenvalue weighted by atomic mass is 10.2. The molecular weight excluding hydrogens is 364 g/mol. The lowest BCUT2D eigenvalue weighted by Gasteiger charge is -2.28. The molecule has 2 heterocycles. The SMILES string of the molecule is CC(C)(C)OC(=O)N1C[C@H](NC(=O)OCc2ccccc2)[C@H]2OC(C)(C)O[C@H]21. The highest BCUT2D eigenvalue weighted by molar-refractivity contribution is 5.71. The van der Waals surface area contributed by atoms with Crippen LogP contribution < -0.4 is 5.32 Å². The summed E-state index contributed by atoms with van der Waals surface area (Å²) in [6.07, 6.45) is -2.23. The van der Waals surface area contributed by atoms with Gasteiger partial charge in [-0.2, -0.15) is 0 Å². The summed E-state index contributed by atoms with van der Waals surface area (Å²) in [4.78, 5) is 26.3. The summed E-state index contributed by atoms with van der Waals surface area (Å²) in [7, 11) is 0. The molecule has 0 radical (unpaired) electrons. The Balaban J connectivity index is 1.63. The number of rotatable bonds is 3. The normalized spacial score (nSPS) is 25.9. The lowest BCUT2D eigenvalue weighted by molar-refractivity contribution is -0.168. The highest BCUT2D eigenvalue weighted by atomic mass is 16.8. The van der Waals surface area contributed by atoms with Crippen molar-refractivity contribution in [2.24, 2.45) is 0 Å². The van der Waals surface area contributed by atoms with Gasteiger partial charge in [-0.1, -0.05) is 30.3 Å². The van der Waals surface area contributed by atoms with Crippen molar-refractivity contribution in [3.63, 3.8) is 0 Å². The molecule has 1 aromatic rings. The minimum atomic E-state index is -0.871. The fourth-order valence-electron chi connectivity index (χ4n) is 3.26. The standard InChI is InChI=1S/C20H28N2O6/c1-19(2,3)28-18(24)22-11-14(15-16(22)27-20(4,5)26-15)21-17(23)25-12-13-9-7-6-8-10-13/h6-10,14-16H,11-12H2,1-5H3,(H,21,23)/t14-,15+,16+/m0/s1. The van der Waals surface area contributed by atoms with E-state index in [0.29, 0.717) is 0 Å². The second kappa shape index (κ2) is 7.60. The molecule has 1 N–H and O–H groups in total. The Hall–Kier alpha value is -2.32. The first kappa shape index (κ1) is 20.4. The van der Waals surface area contributed by atoms with E-state index in [2.05, 4.69) is 5.32 Å². The third kappa shape index (κ3) is 4.94. The summed E-state index contributed by atoms with van der Waals surface area (Å²) in [5.74, 6) is -0.871. The summed E-state index contributed by atoms with van der Waals surface area (Å²) in [6, 6.07) is 8.93. The van der Waals surface area contributed by atoms with Crippen LogP contribution in [0.15, 0.2) is 30.3 Å². The third-order valence-corrected chi connectivity index (χ3v) is 4.35. The highest BCUT2D eigenvalue weighted by Gasteiger charge is 2.56. The van der Waals surface area contributed by atoms with Crippen molar-refractivity contribution in [3.8, 4) is 0 Å². The predicted octanol–water partition coefficient (Wildman–Crippen LogP) is 3.01. The van der Waals surface area contributed by atoms with Crippen molar-refractivity contribution in [2.45, 2.75) is 71.0 Å². The van der Waals surface area contributed by atoms with Gasteiger partial charge in [0.2, 0.25) is 0 Å². The number of nitrogens with one attached hydrogen (secondary N) is 1. The first-order valence-corrected chi connectivity index (χ1v) is 9.36. The zero-order valence-electron chi connectivity index (χ0n) is 16.9. The zero-order chi connectivity index (χ0) is 20.5. The number of hydrogen-bond donors (Lipinski definition) is 1. The Morgan fingerprint density at radius 3 is 2.54 bits per heavy atom. The summed E-state index contributed by atoms with van der Waals surface area (Å²) in [6.45, 7) is 9.29. The van der Waals surface area contributed by atoms with Gasteiger partial charge in [0.05, 0.1) is 6.04 Å². The molecule has 0 bridgehead atoms. The quantitative estimate of drug-likeness (QED) is 0.851. The molecule has 3 rings (SSSR count). The minimum Gasteiger partial charge on any atom is -0.445 e. The van der Waals surface area contributed by atoms with Crippen LogP contribution in [0.3, 0.4) is 0 Å². The highest BCUT2D eigenvalue weighted by Crippen LogP contribution is 2.37. The van der Waals surface area contributed by atoms with Gasteiger partial charge in [-0.15, -0.1) is 0 Å². The topological polar surface area (TPSA) is 86.3 Å². The molecule has 3 atom stereocenters. The smallest absolute Gasteiger partial charge is 0.412 e. The second-order valence-electron chi connectivity index (χ2n) is 8.44. The molecule has 2 saturated heterocycles. The number of ether oxygens (including phenoxy) is 4. The van der Waals surface area contributed by atoms with Gasteiger partial charge in [-0.3, -0.25) is 4.90 Å². The van der Waals surface area contributed by atoms with E-state index in [1.165, 1.54) is 4.90 Å². The Bertz CT molecular complexity index is 715. The molecule has 2 amide bonds. The van der Waals surface area contributed by atoms with Crippen LogP contribution in [0.2, 0.25) is 0 Å². The number of carbonyl (C=O) groups is 2. The van der Waals surface area contributed by atoms with E-state index < -0.39 is 41.9 Å². The van der Waals surface area contributed by atoms with Gasteiger partial charge in [0.15, 0.2) is 12.0 Å². The fourth-order valence-corrected chi connectivity index (χ4v) is 3.26. The Morgan fingerprint density at radius 1 is 1.21 bits per heavy atom. The number of benzene rings is 1. The van der Waals surface area contributed by atoms with E-state index in [9.17, 15) is 9.59 Å². The summed E-state index contributed by atoms with van der Waals surface area (Å²) < 4.78 is 22.5. The maximum Gasteiger partial charge on any atom is 0.412 e. The van der Waals surface area contributed by atoms with Crippen molar-refractivity contribution < 1.29 is 28.5 Å². The van der Waals surface area contributed by atoms with Crippen LogP contribution in [0.4, 0.5) is 9.59 Å². The van der Waals surface area contributed by atoms with Crippen molar-refractivity contribution in [2.75, 3.05) is 6.54 Å². The van der Waals surface area contributed by atoms with Crippen molar-refractivity contribution in [3.05, 3.63) is 35.9 Å². The van der Waals surface area contributed by atoms with Crippen molar-refractivity contribution in [1.82, 2.24) is 10.2 Å². The summed E-state index contributed by atoms with van der Waals surface area (Å²) >= 11 is 0. The van der Waals surface area contributed by atoms with Crippen LogP contribution in [-0.4, -0.2) is 53.4 Å². The fraction of sp³-hybridized carbons (Fsp3) is 0.600. The molecule has 2 aliphatic rings. The van der Waals surface area contributed by atoms with Gasteiger partial charge < -0.3 is 24.3 Å². The first-order valence-electron chi connectivity index (χ1n) is 9.36. The van der Waals surface area contributed by atoms with E-state index in [1.54, 1.807) is 34.6 Å². The van der Waals surface area contributed by atoms with E-state index in [1.807, 2.05) is 30.3 Å². The average Bonchev–Trinajstić information content (AvgIpc) is 3.06. The Labute approximate surface area is 165 Å². The number of fused-ring (bicyclic) bond motifs is 1. The van der Waals surface area contributed by atoms with Gasteiger partial charge in [-0.25, -0.2) is 9.59 Å².